The Balaban J connectivity index is 4.21. The van der Waals surface area contributed by atoms with Gasteiger partial charge in [-0.15, -0.1) is 0 Å². The zero-order chi connectivity index (χ0) is 48.4. The molecule has 384 valence electrons. The van der Waals surface area contributed by atoms with Crippen LogP contribution in [0.5, 0.6) is 0 Å². The van der Waals surface area contributed by atoms with Gasteiger partial charge in [0.2, 0.25) is 0 Å². The smallest absolute Gasteiger partial charge is 0.362 e. The Morgan fingerprint density at radius 3 is 1.23 bits per heavy atom. The highest BCUT2D eigenvalue weighted by atomic mass is 16.6. The molecule has 1 N–H and O–H groups in total. The SMILES string of the molecule is CCCCC/C=C/C/C=C/C/C=C/CCCCCCCCCCCC(=O)OC(COCCC(C(=O)O)[N+](C)(C)C)COC(=O)CCCCCCCCC/C=C/CCCCCCCCCCC. The third-order valence-electron chi connectivity index (χ3n) is 12.5. The van der Waals surface area contributed by atoms with E-state index in [1.165, 1.54) is 161 Å². The maximum absolute atomic E-state index is 12.8. The summed E-state index contributed by atoms with van der Waals surface area (Å²) in [5.41, 5.74) is 0. The van der Waals surface area contributed by atoms with Gasteiger partial charge in [0.25, 0.3) is 0 Å². The topological polar surface area (TPSA) is 99.1 Å². The van der Waals surface area contributed by atoms with Crippen LogP contribution in [0.1, 0.15) is 251 Å². The van der Waals surface area contributed by atoms with Gasteiger partial charge in [0.15, 0.2) is 12.1 Å². The number of hydrogen-bond acceptors (Lipinski definition) is 6. The standard InChI is InChI=1S/C58H105NO7/c1-6-8-10-12-14-16-18-20-22-24-26-28-29-31-33-35-37-39-41-43-45-47-49-57(61)66-54(52-64-51-50-55(58(62)63)59(3,4)5)53-65-56(60)48-46-44-42-40-38-36-34-32-30-27-25-23-21-19-17-15-13-11-9-7-2/h14,16,20,22,26-28,30,54-55H,6-13,15,17-19,21,23-25,29,31-53H2,1-5H3/p+1/b16-14+,22-20+,28-26+,30-27+. The second-order valence-electron chi connectivity index (χ2n) is 19.8. The van der Waals surface area contributed by atoms with E-state index in [9.17, 15) is 19.5 Å². The van der Waals surface area contributed by atoms with Crippen LogP contribution >= 0.6 is 0 Å². The van der Waals surface area contributed by atoms with Crippen molar-refractivity contribution in [3.63, 3.8) is 0 Å². The van der Waals surface area contributed by atoms with Crippen molar-refractivity contribution in [3.8, 4) is 0 Å². The third kappa shape index (κ3) is 46.4. The fourth-order valence-corrected chi connectivity index (χ4v) is 8.15. The van der Waals surface area contributed by atoms with E-state index in [0.29, 0.717) is 19.3 Å². The average molecular weight is 929 g/mol. The Hall–Kier alpha value is -2.71. The van der Waals surface area contributed by atoms with Gasteiger partial charge >= 0.3 is 17.9 Å². The molecule has 8 heteroatoms. The Morgan fingerprint density at radius 2 is 0.803 bits per heavy atom. The number of quaternary nitrogens is 1. The van der Waals surface area contributed by atoms with E-state index in [4.69, 9.17) is 14.2 Å². The van der Waals surface area contributed by atoms with Gasteiger partial charge in [-0.1, -0.05) is 204 Å². The Labute approximate surface area is 407 Å². The van der Waals surface area contributed by atoms with Gasteiger partial charge in [0, 0.05) is 19.3 Å². The number of nitrogens with zero attached hydrogens (tertiary/aromatic N) is 1. The molecule has 0 amide bonds. The summed E-state index contributed by atoms with van der Waals surface area (Å²) in [5, 5.41) is 9.67. The molecule has 0 aromatic heterocycles. The zero-order valence-corrected chi connectivity index (χ0v) is 43.9. The van der Waals surface area contributed by atoms with E-state index < -0.39 is 18.1 Å². The van der Waals surface area contributed by atoms with Crippen molar-refractivity contribution in [2.45, 2.75) is 264 Å². The molecular formula is C58H106NO7+. The van der Waals surface area contributed by atoms with Crippen molar-refractivity contribution in [2.75, 3.05) is 41.0 Å². The summed E-state index contributed by atoms with van der Waals surface area (Å²) in [6.45, 7) is 4.73. The van der Waals surface area contributed by atoms with Crippen molar-refractivity contribution >= 4 is 17.9 Å². The van der Waals surface area contributed by atoms with Crippen LogP contribution in [0.3, 0.4) is 0 Å². The number of carboxylic acids is 1. The molecule has 0 aromatic rings. The van der Waals surface area contributed by atoms with Crippen LogP contribution in [0.4, 0.5) is 0 Å². The minimum absolute atomic E-state index is 0.0547. The lowest BCUT2D eigenvalue weighted by Gasteiger charge is -2.31. The maximum atomic E-state index is 12.8. The van der Waals surface area contributed by atoms with E-state index >= 15 is 0 Å². The summed E-state index contributed by atoms with van der Waals surface area (Å²) >= 11 is 0. The van der Waals surface area contributed by atoms with E-state index in [1.807, 2.05) is 21.1 Å². The average Bonchev–Trinajstić information content (AvgIpc) is 3.28. The molecular weight excluding hydrogens is 823 g/mol. The highest BCUT2D eigenvalue weighted by Gasteiger charge is 2.31. The van der Waals surface area contributed by atoms with Crippen molar-refractivity contribution < 1.29 is 38.2 Å². The number of carboxylic acid groups (broad SMARTS) is 1. The molecule has 0 spiro atoms. The molecule has 2 atom stereocenters. The first-order chi connectivity index (χ1) is 32.1. The number of allylic oxidation sites excluding steroid dienone is 8. The number of esters is 2. The Kier molecular flexibility index (Phi) is 46.7. The van der Waals surface area contributed by atoms with Gasteiger partial charge < -0.3 is 23.8 Å². The number of ether oxygens (including phenoxy) is 3. The maximum Gasteiger partial charge on any atom is 0.362 e. The number of carbonyl (C=O) groups is 3. The second-order valence-corrected chi connectivity index (χ2v) is 19.8. The van der Waals surface area contributed by atoms with Gasteiger partial charge in [-0.25, -0.2) is 4.79 Å². The molecule has 0 saturated carbocycles. The number of carbonyl (C=O) groups excluding carboxylic acids is 2. The van der Waals surface area contributed by atoms with E-state index in [-0.39, 0.29) is 36.2 Å². The predicted octanol–water partition coefficient (Wildman–Crippen LogP) is 16.3. The molecule has 0 fully saturated rings. The van der Waals surface area contributed by atoms with Crippen LogP contribution < -0.4 is 0 Å². The first-order valence-corrected chi connectivity index (χ1v) is 27.7. The molecule has 0 aromatic carbocycles. The van der Waals surface area contributed by atoms with Crippen LogP contribution in [0.2, 0.25) is 0 Å². The van der Waals surface area contributed by atoms with Crippen LogP contribution in [-0.2, 0) is 28.6 Å². The quantitative estimate of drug-likeness (QED) is 0.0281. The number of aliphatic carboxylic acids is 1. The van der Waals surface area contributed by atoms with Gasteiger partial charge in [0.05, 0.1) is 34.4 Å². The third-order valence-corrected chi connectivity index (χ3v) is 12.5. The van der Waals surface area contributed by atoms with Crippen molar-refractivity contribution in [3.05, 3.63) is 48.6 Å². The lowest BCUT2D eigenvalue weighted by molar-refractivity contribution is -0.887. The van der Waals surface area contributed by atoms with Crippen molar-refractivity contribution in [2.24, 2.45) is 0 Å². The fourth-order valence-electron chi connectivity index (χ4n) is 8.15. The molecule has 0 saturated heterocycles. The van der Waals surface area contributed by atoms with Gasteiger partial charge in [-0.2, -0.15) is 0 Å². The van der Waals surface area contributed by atoms with Gasteiger partial charge in [-0.05, 0) is 77.0 Å². The monoisotopic (exact) mass is 929 g/mol. The number of hydrogen-bond donors (Lipinski definition) is 1. The minimum atomic E-state index is -0.875. The van der Waals surface area contributed by atoms with Gasteiger partial charge in [0.1, 0.15) is 6.61 Å². The minimum Gasteiger partial charge on any atom is -0.477 e. The summed E-state index contributed by atoms with van der Waals surface area (Å²) in [4.78, 5) is 37.2. The molecule has 0 aliphatic carbocycles. The highest BCUT2D eigenvalue weighted by molar-refractivity contribution is 5.72. The first kappa shape index (κ1) is 63.3. The lowest BCUT2D eigenvalue weighted by atomic mass is 10.1. The number of unbranched alkanes of at least 4 members (excludes halogenated alkanes) is 28. The largest absolute Gasteiger partial charge is 0.477 e. The molecule has 66 heavy (non-hydrogen) atoms. The molecule has 0 radical (unpaired) electrons. The molecule has 0 rings (SSSR count). The van der Waals surface area contributed by atoms with Crippen molar-refractivity contribution in [1.82, 2.24) is 0 Å². The molecule has 0 aliphatic heterocycles. The zero-order valence-electron chi connectivity index (χ0n) is 43.9. The molecule has 0 heterocycles. The Bertz CT molecular complexity index is 1220. The first-order valence-electron chi connectivity index (χ1n) is 27.7. The molecule has 2 unspecified atom stereocenters. The summed E-state index contributed by atoms with van der Waals surface area (Å²) in [5.74, 6) is -1.47. The predicted molar refractivity (Wildman–Crippen MR) is 280 cm³/mol. The normalized spacial score (nSPS) is 13.2. The second kappa shape index (κ2) is 48.7. The van der Waals surface area contributed by atoms with Crippen LogP contribution in [-0.4, -0.2) is 80.6 Å². The van der Waals surface area contributed by atoms with Crippen LogP contribution in [0.15, 0.2) is 48.6 Å². The Morgan fingerprint density at radius 1 is 0.455 bits per heavy atom. The summed E-state index contributed by atoms with van der Waals surface area (Å²) in [6.07, 6.45) is 60.2. The summed E-state index contributed by atoms with van der Waals surface area (Å²) in [6, 6.07) is -0.618. The van der Waals surface area contributed by atoms with Gasteiger partial charge in [-0.3, -0.25) is 9.59 Å². The van der Waals surface area contributed by atoms with E-state index in [1.54, 1.807) is 0 Å². The van der Waals surface area contributed by atoms with Crippen molar-refractivity contribution in [1.29, 1.82) is 0 Å². The highest BCUT2D eigenvalue weighted by Crippen LogP contribution is 2.16. The van der Waals surface area contributed by atoms with Crippen LogP contribution in [0, 0.1) is 0 Å². The molecule has 0 aliphatic rings. The summed E-state index contributed by atoms with van der Waals surface area (Å²) < 4.78 is 17.4. The lowest BCUT2D eigenvalue weighted by Crippen LogP contribution is -2.50. The van der Waals surface area contributed by atoms with Crippen LogP contribution in [0.25, 0.3) is 0 Å². The number of likely N-dealkylation sites (N-methyl/N-ethyl adjacent to an activating group) is 1. The molecule has 8 nitrogen and oxygen atoms in total. The van der Waals surface area contributed by atoms with E-state index in [0.717, 1.165) is 57.8 Å². The van der Waals surface area contributed by atoms with E-state index in [2.05, 4.69) is 62.5 Å². The fraction of sp³-hybridized carbons (Fsp3) is 0.810. The summed E-state index contributed by atoms with van der Waals surface area (Å²) in [7, 11) is 5.54. The molecule has 0 bridgehead atoms. The number of rotatable bonds is 50.